The molecule has 0 atom stereocenters. The predicted molar refractivity (Wildman–Crippen MR) is 110 cm³/mol. The molecule has 1 saturated heterocycles. The van der Waals surface area contributed by atoms with Crippen molar-refractivity contribution < 1.29 is 4.79 Å². The average Bonchev–Trinajstić information content (AvgIpc) is 3.12. The largest absolute Gasteiger partial charge is 0.361 e. The fraction of sp³-hybridized carbons (Fsp3) is 0.348. The van der Waals surface area contributed by atoms with E-state index in [9.17, 15) is 4.79 Å². The molecule has 0 aliphatic carbocycles. The third-order valence-electron chi connectivity index (χ3n) is 5.57. The number of amides is 1. The van der Waals surface area contributed by atoms with Crippen molar-refractivity contribution in [3.63, 3.8) is 0 Å². The van der Waals surface area contributed by atoms with Crippen molar-refractivity contribution in [2.24, 2.45) is 0 Å². The summed E-state index contributed by atoms with van der Waals surface area (Å²) in [6.45, 7) is 6.70. The summed E-state index contributed by atoms with van der Waals surface area (Å²) in [5, 5.41) is 1.32. The summed E-state index contributed by atoms with van der Waals surface area (Å²) in [6.07, 6.45) is 3.68. The van der Waals surface area contributed by atoms with Crippen LogP contribution >= 0.6 is 0 Å². The van der Waals surface area contributed by atoms with Crippen LogP contribution in [0, 0.1) is 6.92 Å². The normalized spacial score (nSPS) is 15.4. The van der Waals surface area contributed by atoms with Gasteiger partial charge in [0.25, 0.3) is 0 Å². The second kappa shape index (κ2) is 7.97. The number of nitrogens with zero attached hydrogens (tertiary/aromatic N) is 2. The predicted octanol–water partition coefficient (Wildman–Crippen LogP) is 3.41. The second-order valence-corrected chi connectivity index (χ2v) is 7.49. The molecule has 1 fully saturated rings. The van der Waals surface area contributed by atoms with E-state index in [2.05, 4.69) is 71.5 Å². The zero-order valence-corrected chi connectivity index (χ0v) is 15.9. The quantitative estimate of drug-likeness (QED) is 0.756. The van der Waals surface area contributed by atoms with E-state index in [0.29, 0.717) is 6.42 Å². The number of carbonyl (C=O) groups is 1. The average molecular weight is 361 g/mol. The summed E-state index contributed by atoms with van der Waals surface area (Å²) in [6, 6.07) is 16.7. The minimum absolute atomic E-state index is 0.245. The molecule has 4 rings (SSSR count). The van der Waals surface area contributed by atoms with E-state index in [0.717, 1.165) is 44.7 Å². The fourth-order valence-electron chi connectivity index (χ4n) is 3.83. The second-order valence-electron chi connectivity index (χ2n) is 7.49. The van der Waals surface area contributed by atoms with Crippen LogP contribution in [0.1, 0.15) is 16.7 Å². The lowest BCUT2D eigenvalue weighted by atomic mass is 10.1. The Hall–Kier alpha value is -2.59. The Labute approximate surface area is 160 Å². The first-order valence-electron chi connectivity index (χ1n) is 9.80. The van der Waals surface area contributed by atoms with Crippen LogP contribution in [-0.4, -0.2) is 53.4 Å². The number of aromatic nitrogens is 1. The van der Waals surface area contributed by atoms with E-state index in [1.165, 1.54) is 22.0 Å². The highest BCUT2D eigenvalue weighted by atomic mass is 16.2. The van der Waals surface area contributed by atoms with Gasteiger partial charge in [-0.2, -0.15) is 0 Å². The maximum Gasteiger partial charge on any atom is 0.227 e. The van der Waals surface area contributed by atoms with Gasteiger partial charge in [0.15, 0.2) is 0 Å². The topological polar surface area (TPSA) is 39.3 Å². The first-order chi connectivity index (χ1) is 13.2. The first-order valence-corrected chi connectivity index (χ1v) is 9.80. The summed E-state index contributed by atoms with van der Waals surface area (Å²) in [5.74, 6) is 0.245. The fourth-order valence-corrected chi connectivity index (χ4v) is 3.83. The SMILES string of the molecule is Cc1ccc(CC(=O)N2CCN(CCc3c[nH]c4ccccc34)CC2)cc1. The molecule has 0 radical (unpaired) electrons. The highest BCUT2D eigenvalue weighted by Gasteiger charge is 2.21. The highest BCUT2D eigenvalue weighted by Crippen LogP contribution is 2.18. The maximum atomic E-state index is 12.6. The van der Waals surface area contributed by atoms with Gasteiger partial charge in [0.1, 0.15) is 0 Å². The van der Waals surface area contributed by atoms with Crippen molar-refractivity contribution in [2.75, 3.05) is 32.7 Å². The van der Waals surface area contributed by atoms with Gasteiger partial charge >= 0.3 is 0 Å². The third kappa shape index (κ3) is 4.22. The lowest BCUT2D eigenvalue weighted by Crippen LogP contribution is -2.49. The van der Waals surface area contributed by atoms with Gasteiger partial charge in [-0.25, -0.2) is 0 Å². The molecule has 2 heterocycles. The molecule has 3 aromatic rings. The molecule has 4 heteroatoms. The van der Waals surface area contributed by atoms with E-state index >= 15 is 0 Å². The van der Waals surface area contributed by atoms with E-state index < -0.39 is 0 Å². The van der Waals surface area contributed by atoms with Gasteiger partial charge in [-0.05, 0) is 30.5 Å². The van der Waals surface area contributed by atoms with Crippen molar-refractivity contribution in [2.45, 2.75) is 19.8 Å². The highest BCUT2D eigenvalue weighted by molar-refractivity contribution is 5.83. The van der Waals surface area contributed by atoms with Gasteiger partial charge in [0.2, 0.25) is 5.91 Å². The van der Waals surface area contributed by atoms with Gasteiger partial charge in [-0.3, -0.25) is 9.69 Å². The van der Waals surface area contributed by atoms with Crippen LogP contribution < -0.4 is 0 Å². The smallest absolute Gasteiger partial charge is 0.227 e. The van der Waals surface area contributed by atoms with Gasteiger partial charge in [0, 0.05) is 49.8 Å². The van der Waals surface area contributed by atoms with Crippen LogP contribution in [0.25, 0.3) is 10.9 Å². The zero-order chi connectivity index (χ0) is 18.6. The standard InChI is InChI=1S/C23H27N3O/c1-18-6-8-19(9-7-18)16-23(27)26-14-12-25(13-15-26)11-10-20-17-24-22-5-3-2-4-21(20)22/h2-9,17,24H,10-16H2,1H3. The molecule has 0 saturated carbocycles. The number of carbonyl (C=O) groups excluding carboxylic acids is 1. The van der Waals surface area contributed by atoms with Crippen molar-refractivity contribution in [3.05, 3.63) is 71.4 Å². The molecule has 1 aliphatic heterocycles. The molecule has 27 heavy (non-hydrogen) atoms. The Bertz CT molecular complexity index is 905. The Balaban J connectivity index is 1.26. The number of benzene rings is 2. The molecule has 1 amide bonds. The number of nitrogens with one attached hydrogen (secondary N) is 1. The van der Waals surface area contributed by atoms with E-state index in [1.807, 2.05) is 4.90 Å². The molecule has 2 aromatic carbocycles. The maximum absolute atomic E-state index is 12.6. The molecule has 0 spiro atoms. The Morgan fingerprint density at radius 3 is 2.52 bits per heavy atom. The lowest BCUT2D eigenvalue weighted by molar-refractivity contribution is -0.132. The first kappa shape index (κ1) is 17.8. The van der Waals surface area contributed by atoms with Crippen LogP contribution in [0.3, 0.4) is 0 Å². The van der Waals surface area contributed by atoms with Crippen LogP contribution in [0.4, 0.5) is 0 Å². The van der Waals surface area contributed by atoms with Gasteiger partial charge in [0.05, 0.1) is 6.42 Å². The van der Waals surface area contributed by atoms with E-state index in [4.69, 9.17) is 0 Å². The molecule has 1 aromatic heterocycles. The van der Waals surface area contributed by atoms with E-state index in [1.54, 1.807) is 0 Å². The zero-order valence-electron chi connectivity index (χ0n) is 15.9. The number of piperazine rings is 1. The number of fused-ring (bicyclic) bond motifs is 1. The molecule has 4 nitrogen and oxygen atoms in total. The Morgan fingerprint density at radius 1 is 1.00 bits per heavy atom. The van der Waals surface area contributed by atoms with Gasteiger partial charge in [-0.15, -0.1) is 0 Å². The number of aromatic amines is 1. The van der Waals surface area contributed by atoms with Crippen molar-refractivity contribution in [3.8, 4) is 0 Å². The molecule has 1 N–H and O–H groups in total. The number of hydrogen-bond donors (Lipinski definition) is 1. The summed E-state index contributed by atoms with van der Waals surface area (Å²) < 4.78 is 0. The van der Waals surface area contributed by atoms with Crippen LogP contribution in [-0.2, 0) is 17.6 Å². The number of H-pyrrole nitrogens is 1. The molecular weight excluding hydrogens is 334 g/mol. The van der Waals surface area contributed by atoms with Crippen LogP contribution in [0.2, 0.25) is 0 Å². The van der Waals surface area contributed by atoms with Crippen molar-refractivity contribution >= 4 is 16.8 Å². The minimum atomic E-state index is 0.245. The van der Waals surface area contributed by atoms with Gasteiger partial charge in [-0.1, -0.05) is 48.0 Å². The van der Waals surface area contributed by atoms with Crippen molar-refractivity contribution in [1.29, 1.82) is 0 Å². The summed E-state index contributed by atoms with van der Waals surface area (Å²) in [7, 11) is 0. The van der Waals surface area contributed by atoms with Crippen molar-refractivity contribution in [1.82, 2.24) is 14.8 Å². The lowest BCUT2D eigenvalue weighted by Gasteiger charge is -2.34. The Morgan fingerprint density at radius 2 is 1.74 bits per heavy atom. The monoisotopic (exact) mass is 361 g/mol. The number of aryl methyl sites for hydroxylation is 1. The molecule has 0 unspecified atom stereocenters. The molecule has 0 bridgehead atoms. The summed E-state index contributed by atoms with van der Waals surface area (Å²) >= 11 is 0. The minimum Gasteiger partial charge on any atom is -0.361 e. The third-order valence-corrected chi connectivity index (χ3v) is 5.57. The van der Waals surface area contributed by atoms with Crippen LogP contribution in [0.5, 0.6) is 0 Å². The molecular formula is C23H27N3O. The summed E-state index contributed by atoms with van der Waals surface area (Å²) in [4.78, 5) is 20.4. The molecule has 1 aliphatic rings. The number of hydrogen-bond acceptors (Lipinski definition) is 2. The molecule has 140 valence electrons. The number of para-hydroxylation sites is 1. The van der Waals surface area contributed by atoms with Crippen LogP contribution in [0.15, 0.2) is 54.7 Å². The van der Waals surface area contributed by atoms with E-state index in [-0.39, 0.29) is 5.91 Å². The summed E-state index contributed by atoms with van der Waals surface area (Å²) in [5.41, 5.74) is 4.92. The number of rotatable bonds is 5. The Kier molecular flexibility index (Phi) is 5.26. The van der Waals surface area contributed by atoms with Gasteiger partial charge < -0.3 is 9.88 Å².